The van der Waals surface area contributed by atoms with Crippen LogP contribution in [0.5, 0.6) is 0 Å². The highest BCUT2D eigenvalue weighted by Crippen LogP contribution is 1.72. The molecule has 5 nitrogen and oxygen atoms in total. The lowest BCUT2D eigenvalue weighted by atomic mass is 10.3. The molecule has 0 spiro atoms. The number of nitrogens with two attached hydrogens (primary N) is 2. The zero-order valence-corrected chi connectivity index (χ0v) is 5.05. The number of nitrogens with one attached hydrogen (secondary N) is 1. The molecule has 0 aromatic heterocycles. The first-order valence-corrected chi connectivity index (χ1v) is 2.40. The standard InChI is InChI=1S/C4H9N3O2/c1-2(5)3(8)7-4(6)9/h2H,5H2,1H3,(H3,6,7,8,9)/t2-/m0/s1. The fraction of sp³-hybridized carbons (Fsp3) is 0.500. The third-order valence-electron chi connectivity index (χ3n) is 0.660. The van der Waals surface area contributed by atoms with Gasteiger partial charge in [-0.2, -0.15) is 0 Å². The van der Waals surface area contributed by atoms with E-state index in [4.69, 9.17) is 5.73 Å². The molecule has 0 fully saturated rings. The molecule has 0 rings (SSSR count). The Morgan fingerprint density at radius 3 is 2.11 bits per heavy atom. The Morgan fingerprint density at radius 1 is 1.56 bits per heavy atom. The summed E-state index contributed by atoms with van der Waals surface area (Å²) in [4.78, 5) is 20.4. The highest BCUT2D eigenvalue weighted by Gasteiger charge is 2.07. The van der Waals surface area contributed by atoms with Crippen LogP contribution in [0.1, 0.15) is 6.92 Å². The molecule has 0 radical (unpaired) electrons. The largest absolute Gasteiger partial charge is 0.351 e. The van der Waals surface area contributed by atoms with Gasteiger partial charge in [-0.1, -0.05) is 0 Å². The number of rotatable bonds is 1. The molecule has 0 unspecified atom stereocenters. The Morgan fingerprint density at radius 2 is 2.00 bits per heavy atom. The van der Waals surface area contributed by atoms with E-state index in [2.05, 4.69) is 5.73 Å². The zero-order valence-electron chi connectivity index (χ0n) is 5.05. The Balaban J connectivity index is 3.64. The molecule has 52 valence electrons. The van der Waals surface area contributed by atoms with E-state index in [1.807, 2.05) is 5.32 Å². The van der Waals surface area contributed by atoms with Crippen molar-refractivity contribution < 1.29 is 9.59 Å². The van der Waals surface area contributed by atoms with E-state index in [-0.39, 0.29) is 0 Å². The number of hydrogen-bond acceptors (Lipinski definition) is 3. The minimum atomic E-state index is -0.877. The van der Waals surface area contributed by atoms with E-state index in [0.29, 0.717) is 0 Å². The summed E-state index contributed by atoms with van der Waals surface area (Å²) in [5.41, 5.74) is 9.67. The number of hydrogen-bond donors (Lipinski definition) is 3. The summed E-state index contributed by atoms with van der Waals surface area (Å²) in [6, 6.07) is -1.57. The maximum atomic E-state index is 10.4. The van der Waals surface area contributed by atoms with Crippen molar-refractivity contribution in [3.05, 3.63) is 0 Å². The van der Waals surface area contributed by atoms with Gasteiger partial charge in [0.1, 0.15) is 0 Å². The highest BCUT2D eigenvalue weighted by molar-refractivity contribution is 5.95. The second-order valence-electron chi connectivity index (χ2n) is 1.64. The average Bonchev–Trinajstić information content (AvgIpc) is 1.63. The number of primary amides is 1. The topological polar surface area (TPSA) is 98.2 Å². The number of carbonyl (C=O) groups is 2. The van der Waals surface area contributed by atoms with Crippen LogP contribution in [0, 0.1) is 0 Å². The number of carbonyl (C=O) groups excluding carboxylic acids is 2. The van der Waals surface area contributed by atoms with Crippen molar-refractivity contribution in [1.82, 2.24) is 5.32 Å². The van der Waals surface area contributed by atoms with Crippen LogP contribution in [-0.2, 0) is 4.79 Å². The molecule has 0 saturated carbocycles. The predicted octanol–water partition coefficient (Wildman–Crippen LogP) is -1.47. The van der Waals surface area contributed by atoms with Crippen LogP contribution < -0.4 is 16.8 Å². The molecular formula is C4H9N3O2. The summed E-state index contributed by atoms with van der Waals surface area (Å²) >= 11 is 0. The molecule has 0 aromatic carbocycles. The van der Waals surface area contributed by atoms with Gasteiger partial charge >= 0.3 is 6.03 Å². The molecule has 0 aliphatic carbocycles. The zero-order chi connectivity index (χ0) is 7.44. The summed E-state index contributed by atoms with van der Waals surface area (Å²) in [5.74, 6) is -0.567. The van der Waals surface area contributed by atoms with Gasteiger partial charge in [0.2, 0.25) is 5.91 Å². The van der Waals surface area contributed by atoms with Gasteiger partial charge in [0, 0.05) is 0 Å². The monoisotopic (exact) mass is 131 g/mol. The molecule has 0 saturated heterocycles. The second kappa shape index (κ2) is 3.03. The third-order valence-corrected chi connectivity index (χ3v) is 0.660. The van der Waals surface area contributed by atoms with Crippen molar-refractivity contribution in [2.24, 2.45) is 11.5 Å². The van der Waals surface area contributed by atoms with E-state index in [0.717, 1.165) is 0 Å². The molecule has 0 bridgehead atoms. The molecule has 5 heteroatoms. The van der Waals surface area contributed by atoms with Crippen LogP contribution in [-0.4, -0.2) is 18.0 Å². The van der Waals surface area contributed by atoms with Crippen LogP contribution in [0.3, 0.4) is 0 Å². The van der Waals surface area contributed by atoms with Crippen molar-refractivity contribution in [3.63, 3.8) is 0 Å². The molecule has 1 atom stereocenters. The molecule has 9 heavy (non-hydrogen) atoms. The Kier molecular flexibility index (Phi) is 2.66. The van der Waals surface area contributed by atoms with Crippen molar-refractivity contribution in [1.29, 1.82) is 0 Å². The smallest absolute Gasteiger partial charge is 0.318 e. The van der Waals surface area contributed by atoms with Crippen molar-refractivity contribution in [2.45, 2.75) is 13.0 Å². The van der Waals surface area contributed by atoms with Gasteiger partial charge in [-0.15, -0.1) is 0 Å². The van der Waals surface area contributed by atoms with E-state index < -0.39 is 18.0 Å². The fourth-order valence-corrected chi connectivity index (χ4v) is 0.235. The van der Waals surface area contributed by atoms with Gasteiger partial charge in [-0.05, 0) is 6.92 Å². The molecule has 0 aromatic rings. The summed E-state index contributed by atoms with van der Waals surface area (Å²) < 4.78 is 0. The summed E-state index contributed by atoms with van der Waals surface area (Å²) in [6.45, 7) is 1.46. The SMILES string of the molecule is C[C@H](N)C(=O)NC(N)=O. The maximum absolute atomic E-state index is 10.4. The van der Waals surface area contributed by atoms with Crippen LogP contribution in [0.25, 0.3) is 0 Å². The van der Waals surface area contributed by atoms with Gasteiger partial charge in [0.05, 0.1) is 6.04 Å². The van der Waals surface area contributed by atoms with Gasteiger partial charge in [-0.3, -0.25) is 10.1 Å². The molecule has 3 amide bonds. The van der Waals surface area contributed by atoms with E-state index >= 15 is 0 Å². The lowest BCUT2D eigenvalue weighted by Crippen LogP contribution is -2.43. The molecule has 0 heterocycles. The Hall–Kier alpha value is -1.10. The molecule has 0 aliphatic heterocycles. The average molecular weight is 131 g/mol. The van der Waals surface area contributed by atoms with Crippen molar-refractivity contribution in [2.75, 3.05) is 0 Å². The first kappa shape index (κ1) is 7.90. The fourth-order valence-electron chi connectivity index (χ4n) is 0.235. The van der Waals surface area contributed by atoms with Crippen LogP contribution in [0.2, 0.25) is 0 Å². The number of amides is 3. The number of imide groups is 1. The molecule has 5 N–H and O–H groups in total. The minimum Gasteiger partial charge on any atom is -0.351 e. The first-order valence-electron chi connectivity index (χ1n) is 2.40. The predicted molar refractivity (Wildman–Crippen MR) is 31.4 cm³/mol. The lowest BCUT2D eigenvalue weighted by molar-refractivity contribution is -0.120. The third kappa shape index (κ3) is 3.48. The summed E-state index contributed by atoms with van der Waals surface area (Å²) in [5, 5.41) is 1.82. The van der Waals surface area contributed by atoms with E-state index in [9.17, 15) is 9.59 Å². The van der Waals surface area contributed by atoms with Gasteiger partial charge < -0.3 is 11.5 Å². The van der Waals surface area contributed by atoms with E-state index in [1.165, 1.54) is 6.92 Å². The van der Waals surface area contributed by atoms with E-state index in [1.54, 1.807) is 0 Å². The van der Waals surface area contributed by atoms with Gasteiger partial charge in [-0.25, -0.2) is 4.79 Å². The maximum Gasteiger partial charge on any atom is 0.318 e. The quantitative estimate of drug-likeness (QED) is 0.405. The summed E-state index contributed by atoms with van der Waals surface area (Å²) in [7, 11) is 0. The van der Waals surface area contributed by atoms with Crippen LogP contribution in [0.4, 0.5) is 4.79 Å². The normalized spacial score (nSPS) is 12.2. The number of urea groups is 1. The van der Waals surface area contributed by atoms with Gasteiger partial charge in [0.25, 0.3) is 0 Å². The molecular weight excluding hydrogens is 122 g/mol. The minimum absolute atomic E-state index is 0.567. The Bertz CT molecular complexity index is 132. The lowest BCUT2D eigenvalue weighted by Gasteiger charge is -2.01. The second-order valence-corrected chi connectivity index (χ2v) is 1.64. The highest BCUT2D eigenvalue weighted by atomic mass is 16.2. The first-order chi connectivity index (χ1) is 4.04. The van der Waals surface area contributed by atoms with Crippen molar-refractivity contribution >= 4 is 11.9 Å². The van der Waals surface area contributed by atoms with Crippen molar-refractivity contribution in [3.8, 4) is 0 Å². The van der Waals surface area contributed by atoms with Crippen LogP contribution >= 0.6 is 0 Å². The van der Waals surface area contributed by atoms with Crippen LogP contribution in [0.15, 0.2) is 0 Å². The Labute approximate surface area is 52.4 Å². The van der Waals surface area contributed by atoms with Gasteiger partial charge in [0.15, 0.2) is 0 Å². The molecule has 0 aliphatic rings. The summed E-state index contributed by atoms with van der Waals surface area (Å²) in [6.07, 6.45) is 0.